The van der Waals surface area contributed by atoms with Crippen LogP contribution in [-0.4, -0.2) is 37.1 Å². The van der Waals surface area contributed by atoms with Gasteiger partial charge in [0.2, 0.25) is 5.91 Å². The van der Waals surface area contributed by atoms with E-state index in [0.29, 0.717) is 0 Å². The van der Waals surface area contributed by atoms with Crippen LogP contribution in [0.2, 0.25) is 0 Å². The first-order chi connectivity index (χ1) is 9.54. The Balaban J connectivity index is 0.00000161. The lowest BCUT2D eigenvalue weighted by atomic mass is 9.86. The Morgan fingerprint density at radius 2 is 2.05 bits per heavy atom. The maximum atomic E-state index is 12.8. The highest BCUT2D eigenvalue weighted by Gasteiger charge is 2.45. The molecule has 0 bridgehead atoms. The van der Waals surface area contributed by atoms with Crippen molar-refractivity contribution in [1.29, 1.82) is 0 Å². The second-order valence-electron chi connectivity index (χ2n) is 6.35. The lowest BCUT2D eigenvalue weighted by Crippen LogP contribution is -2.50. The van der Waals surface area contributed by atoms with Crippen LogP contribution < -0.4 is 5.73 Å². The maximum absolute atomic E-state index is 12.8. The van der Waals surface area contributed by atoms with Crippen molar-refractivity contribution in [2.75, 3.05) is 26.3 Å². The van der Waals surface area contributed by atoms with Crippen LogP contribution in [0.25, 0.3) is 0 Å². The molecule has 4 nitrogen and oxygen atoms in total. The Kier molecular flexibility index (Phi) is 4.61. The molecule has 2 heterocycles. The van der Waals surface area contributed by atoms with Gasteiger partial charge in [0.05, 0.1) is 6.61 Å². The van der Waals surface area contributed by atoms with Crippen molar-refractivity contribution >= 4 is 18.3 Å². The van der Waals surface area contributed by atoms with E-state index in [-0.39, 0.29) is 23.7 Å². The smallest absolute Gasteiger partial charge is 0.246 e. The highest BCUT2D eigenvalue weighted by Crippen LogP contribution is 2.39. The van der Waals surface area contributed by atoms with Crippen molar-refractivity contribution in [3.8, 4) is 0 Å². The number of carbonyl (C=O) groups is 1. The fraction of sp³-hybridized carbons (Fsp3) is 0.562. The van der Waals surface area contributed by atoms with Gasteiger partial charge in [-0.05, 0) is 25.3 Å². The van der Waals surface area contributed by atoms with Gasteiger partial charge in [-0.25, -0.2) is 0 Å². The molecule has 116 valence electrons. The largest absolute Gasteiger partial charge is 0.381 e. The highest BCUT2D eigenvalue weighted by atomic mass is 35.5. The third-order valence-corrected chi connectivity index (χ3v) is 4.73. The molecule has 5 heteroatoms. The van der Waals surface area contributed by atoms with Crippen molar-refractivity contribution in [3.63, 3.8) is 0 Å². The van der Waals surface area contributed by atoms with Crippen molar-refractivity contribution in [3.05, 3.63) is 35.9 Å². The molecule has 2 aliphatic rings. The molecule has 0 radical (unpaired) electrons. The van der Waals surface area contributed by atoms with Gasteiger partial charge in [0.15, 0.2) is 0 Å². The predicted molar refractivity (Wildman–Crippen MR) is 84.3 cm³/mol. The predicted octanol–water partition coefficient (Wildman–Crippen LogP) is 1.92. The molecule has 1 amide bonds. The molecule has 2 aliphatic heterocycles. The van der Waals surface area contributed by atoms with Gasteiger partial charge in [-0.3, -0.25) is 4.79 Å². The molecule has 0 saturated carbocycles. The topological polar surface area (TPSA) is 55.6 Å². The van der Waals surface area contributed by atoms with Crippen LogP contribution >= 0.6 is 12.4 Å². The van der Waals surface area contributed by atoms with E-state index in [1.807, 2.05) is 35.2 Å². The number of benzene rings is 1. The van der Waals surface area contributed by atoms with Crippen molar-refractivity contribution in [1.82, 2.24) is 4.90 Å². The number of hydrogen-bond acceptors (Lipinski definition) is 3. The number of ether oxygens (including phenoxy) is 1. The molecule has 2 saturated heterocycles. The molecule has 1 spiro atoms. The van der Waals surface area contributed by atoms with E-state index in [1.165, 1.54) is 0 Å². The number of amides is 1. The van der Waals surface area contributed by atoms with Gasteiger partial charge in [-0.15, -0.1) is 12.4 Å². The van der Waals surface area contributed by atoms with Gasteiger partial charge in [0.1, 0.15) is 5.54 Å². The first kappa shape index (κ1) is 16.3. The first-order valence-electron chi connectivity index (χ1n) is 7.25. The van der Waals surface area contributed by atoms with Crippen LogP contribution in [0.5, 0.6) is 0 Å². The lowest BCUT2D eigenvalue weighted by Gasteiger charge is -2.30. The molecular formula is C16H23ClN2O2. The summed E-state index contributed by atoms with van der Waals surface area (Å²) < 4.78 is 5.51. The molecule has 1 aromatic carbocycles. The summed E-state index contributed by atoms with van der Waals surface area (Å²) in [5, 5.41) is 0. The normalized spacial score (nSPS) is 27.4. The van der Waals surface area contributed by atoms with Crippen LogP contribution in [0.3, 0.4) is 0 Å². The van der Waals surface area contributed by atoms with Crippen molar-refractivity contribution in [2.24, 2.45) is 11.1 Å². The van der Waals surface area contributed by atoms with E-state index in [9.17, 15) is 4.79 Å². The van der Waals surface area contributed by atoms with Gasteiger partial charge in [0, 0.05) is 25.1 Å². The fourth-order valence-corrected chi connectivity index (χ4v) is 3.32. The Labute approximate surface area is 132 Å². The second kappa shape index (κ2) is 5.95. The van der Waals surface area contributed by atoms with Crippen LogP contribution in [0.15, 0.2) is 30.3 Å². The zero-order valence-corrected chi connectivity index (χ0v) is 13.2. The minimum Gasteiger partial charge on any atom is -0.381 e. The number of halogens is 1. The Hall–Kier alpha value is -1.10. The monoisotopic (exact) mass is 310 g/mol. The van der Waals surface area contributed by atoms with E-state index in [0.717, 1.165) is 44.7 Å². The summed E-state index contributed by atoms with van der Waals surface area (Å²) in [5.41, 5.74) is 6.43. The van der Waals surface area contributed by atoms with E-state index < -0.39 is 5.54 Å². The average molecular weight is 311 g/mol. The zero-order valence-electron chi connectivity index (χ0n) is 12.4. The molecule has 21 heavy (non-hydrogen) atoms. The molecule has 2 fully saturated rings. The molecule has 2 N–H and O–H groups in total. The number of likely N-dealkylation sites (tertiary alicyclic amines) is 1. The first-order valence-corrected chi connectivity index (χ1v) is 7.25. The van der Waals surface area contributed by atoms with E-state index in [1.54, 1.807) is 6.92 Å². The quantitative estimate of drug-likeness (QED) is 0.908. The molecular weight excluding hydrogens is 288 g/mol. The van der Waals surface area contributed by atoms with E-state index >= 15 is 0 Å². The Bertz CT molecular complexity index is 498. The number of hydrogen-bond donors (Lipinski definition) is 1. The summed E-state index contributed by atoms with van der Waals surface area (Å²) in [4.78, 5) is 14.7. The van der Waals surface area contributed by atoms with Gasteiger partial charge >= 0.3 is 0 Å². The van der Waals surface area contributed by atoms with Crippen LogP contribution in [-0.2, 0) is 15.1 Å². The summed E-state index contributed by atoms with van der Waals surface area (Å²) in [6, 6.07) is 9.61. The summed E-state index contributed by atoms with van der Waals surface area (Å²) in [6.45, 7) is 4.98. The Morgan fingerprint density at radius 1 is 1.33 bits per heavy atom. The third-order valence-electron chi connectivity index (χ3n) is 4.73. The van der Waals surface area contributed by atoms with Crippen molar-refractivity contribution in [2.45, 2.75) is 25.3 Å². The lowest BCUT2D eigenvalue weighted by molar-refractivity contribution is -0.136. The number of nitrogens with two attached hydrogens (primary N) is 1. The summed E-state index contributed by atoms with van der Waals surface area (Å²) in [6.07, 6.45) is 2.09. The van der Waals surface area contributed by atoms with Gasteiger partial charge in [-0.2, -0.15) is 0 Å². The number of nitrogens with zero attached hydrogens (tertiary/aromatic N) is 1. The molecule has 3 rings (SSSR count). The number of rotatable bonds is 2. The summed E-state index contributed by atoms with van der Waals surface area (Å²) in [5.74, 6) is 0.0208. The minimum atomic E-state index is -0.952. The fourth-order valence-electron chi connectivity index (χ4n) is 3.32. The molecule has 0 aromatic heterocycles. The van der Waals surface area contributed by atoms with Gasteiger partial charge in [-0.1, -0.05) is 30.3 Å². The summed E-state index contributed by atoms with van der Waals surface area (Å²) >= 11 is 0. The van der Waals surface area contributed by atoms with Gasteiger partial charge in [0.25, 0.3) is 0 Å². The Morgan fingerprint density at radius 3 is 2.67 bits per heavy atom. The zero-order chi connectivity index (χ0) is 14.2. The van der Waals surface area contributed by atoms with Crippen LogP contribution in [0, 0.1) is 5.41 Å². The standard InChI is InChI=1S/C16H22N2O2.ClH/c1-15(17,13-5-3-2-4-6-13)14(19)18-9-7-16(11-18)8-10-20-12-16;/h2-6H,7-12,17H2,1H3;1H. The van der Waals surface area contributed by atoms with E-state index in [2.05, 4.69) is 0 Å². The SMILES string of the molecule is CC(N)(C(=O)N1CCC2(CCOC2)C1)c1ccccc1.Cl. The molecule has 0 aliphatic carbocycles. The second-order valence-corrected chi connectivity index (χ2v) is 6.35. The average Bonchev–Trinajstić information content (AvgIpc) is 3.10. The van der Waals surface area contributed by atoms with Gasteiger partial charge < -0.3 is 15.4 Å². The number of carbonyl (C=O) groups excluding carboxylic acids is 1. The third kappa shape index (κ3) is 2.93. The van der Waals surface area contributed by atoms with Crippen molar-refractivity contribution < 1.29 is 9.53 Å². The van der Waals surface area contributed by atoms with Crippen LogP contribution in [0.1, 0.15) is 25.3 Å². The van der Waals surface area contributed by atoms with E-state index in [4.69, 9.17) is 10.5 Å². The summed E-state index contributed by atoms with van der Waals surface area (Å²) in [7, 11) is 0. The van der Waals surface area contributed by atoms with Crippen LogP contribution in [0.4, 0.5) is 0 Å². The molecule has 2 unspecified atom stereocenters. The minimum absolute atomic E-state index is 0. The molecule has 1 aromatic rings. The highest BCUT2D eigenvalue weighted by molar-refractivity contribution is 5.87. The molecule has 2 atom stereocenters. The maximum Gasteiger partial charge on any atom is 0.246 e.